The number of aromatic hydroxyl groups is 1. The van der Waals surface area contributed by atoms with E-state index in [0.717, 1.165) is 11.3 Å². The van der Waals surface area contributed by atoms with Gasteiger partial charge in [0, 0.05) is 5.69 Å². The highest BCUT2D eigenvalue weighted by atomic mass is 16.5. The fourth-order valence-electron chi connectivity index (χ4n) is 2.08. The third kappa shape index (κ3) is 3.49. The van der Waals surface area contributed by atoms with Crippen molar-refractivity contribution in [2.45, 2.75) is 6.92 Å². The summed E-state index contributed by atoms with van der Waals surface area (Å²) in [6.45, 7) is 1.88. The van der Waals surface area contributed by atoms with Crippen LogP contribution in [0.15, 0.2) is 54.7 Å². The van der Waals surface area contributed by atoms with Crippen LogP contribution in [0.25, 0.3) is 0 Å². The summed E-state index contributed by atoms with van der Waals surface area (Å²) < 4.78 is 5.81. The van der Waals surface area contributed by atoms with Crippen LogP contribution in [0.2, 0.25) is 0 Å². The third-order valence-corrected chi connectivity index (χ3v) is 3.21. The first-order valence-corrected chi connectivity index (χ1v) is 7.04. The molecule has 6 heteroatoms. The number of benzene rings is 2. The van der Waals surface area contributed by atoms with E-state index in [1.54, 1.807) is 18.2 Å². The van der Waals surface area contributed by atoms with Crippen molar-refractivity contribution in [3.63, 3.8) is 0 Å². The number of nitrogen functional groups attached to an aromatic ring is 1. The van der Waals surface area contributed by atoms with Crippen LogP contribution in [-0.2, 0) is 0 Å². The molecule has 1 aromatic heterocycles. The zero-order valence-electron chi connectivity index (χ0n) is 12.5. The molecule has 0 atom stereocenters. The molecule has 0 fully saturated rings. The van der Waals surface area contributed by atoms with Gasteiger partial charge in [0.2, 0.25) is 5.95 Å². The Hall–Kier alpha value is -3.28. The number of nitrogens with zero attached hydrogens (tertiary/aromatic N) is 2. The lowest BCUT2D eigenvalue weighted by Crippen LogP contribution is -2.03. The van der Waals surface area contributed by atoms with E-state index < -0.39 is 0 Å². The second kappa shape index (κ2) is 6.23. The molecule has 0 spiro atoms. The lowest BCUT2D eigenvalue weighted by atomic mass is 10.2. The second-order valence-electron chi connectivity index (χ2n) is 4.98. The maximum Gasteiger partial charge on any atom is 0.222 e. The Morgan fingerprint density at radius 3 is 2.65 bits per heavy atom. The molecule has 0 aliphatic heterocycles. The SMILES string of the molecule is Cc1cc(O)ccc1Nc1nc(N)ncc1Oc1ccccc1. The molecular formula is C17H16N4O2. The summed E-state index contributed by atoms with van der Waals surface area (Å²) >= 11 is 0. The van der Waals surface area contributed by atoms with Gasteiger partial charge in [-0.25, -0.2) is 4.98 Å². The highest BCUT2D eigenvalue weighted by Crippen LogP contribution is 2.31. The van der Waals surface area contributed by atoms with E-state index in [0.29, 0.717) is 17.3 Å². The van der Waals surface area contributed by atoms with Crippen LogP contribution in [-0.4, -0.2) is 15.1 Å². The van der Waals surface area contributed by atoms with Crippen LogP contribution in [0.1, 0.15) is 5.56 Å². The Morgan fingerprint density at radius 2 is 1.91 bits per heavy atom. The lowest BCUT2D eigenvalue weighted by Gasteiger charge is -2.13. The summed E-state index contributed by atoms with van der Waals surface area (Å²) in [5, 5.41) is 12.7. The predicted octanol–water partition coefficient (Wildman–Crippen LogP) is 3.61. The van der Waals surface area contributed by atoms with Crippen LogP contribution < -0.4 is 15.8 Å². The number of phenols is 1. The smallest absolute Gasteiger partial charge is 0.222 e. The molecule has 0 amide bonds. The Balaban J connectivity index is 1.93. The molecule has 0 unspecified atom stereocenters. The molecule has 0 bridgehead atoms. The second-order valence-corrected chi connectivity index (χ2v) is 4.98. The van der Waals surface area contributed by atoms with Crippen LogP contribution in [0.4, 0.5) is 17.5 Å². The van der Waals surface area contributed by atoms with Crippen molar-refractivity contribution in [3.05, 3.63) is 60.3 Å². The predicted molar refractivity (Wildman–Crippen MR) is 89.1 cm³/mol. The number of para-hydroxylation sites is 1. The van der Waals surface area contributed by atoms with Gasteiger partial charge in [0.1, 0.15) is 11.5 Å². The fraction of sp³-hybridized carbons (Fsp3) is 0.0588. The highest BCUT2D eigenvalue weighted by Gasteiger charge is 2.10. The van der Waals surface area contributed by atoms with Gasteiger partial charge in [-0.2, -0.15) is 4.98 Å². The Labute approximate surface area is 133 Å². The molecular weight excluding hydrogens is 292 g/mol. The normalized spacial score (nSPS) is 10.3. The summed E-state index contributed by atoms with van der Waals surface area (Å²) in [5.41, 5.74) is 7.34. The first-order valence-electron chi connectivity index (χ1n) is 7.04. The number of rotatable bonds is 4. The monoisotopic (exact) mass is 308 g/mol. The van der Waals surface area contributed by atoms with Crippen molar-refractivity contribution >= 4 is 17.5 Å². The van der Waals surface area contributed by atoms with Crippen LogP contribution in [0, 0.1) is 6.92 Å². The van der Waals surface area contributed by atoms with E-state index in [1.807, 2.05) is 37.3 Å². The van der Waals surface area contributed by atoms with E-state index in [4.69, 9.17) is 10.5 Å². The molecule has 0 aliphatic rings. The number of aromatic nitrogens is 2. The maximum absolute atomic E-state index is 9.50. The zero-order valence-corrected chi connectivity index (χ0v) is 12.5. The molecule has 2 aromatic carbocycles. The van der Waals surface area contributed by atoms with Gasteiger partial charge in [0.25, 0.3) is 0 Å². The summed E-state index contributed by atoms with van der Waals surface area (Å²) in [6, 6.07) is 14.4. The van der Waals surface area contributed by atoms with Gasteiger partial charge in [0.05, 0.1) is 6.20 Å². The Kier molecular flexibility index (Phi) is 3.97. The number of nitrogens with one attached hydrogen (secondary N) is 1. The topological polar surface area (TPSA) is 93.3 Å². The van der Waals surface area contributed by atoms with Crippen molar-refractivity contribution in [2.24, 2.45) is 0 Å². The fourth-order valence-corrected chi connectivity index (χ4v) is 2.08. The largest absolute Gasteiger partial charge is 0.508 e. The van der Waals surface area contributed by atoms with Gasteiger partial charge in [-0.15, -0.1) is 0 Å². The van der Waals surface area contributed by atoms with Gasteiger partial charge < -0.3 is 20.9 Å². The average molecular weight is 308 g/mol. The quantitative estimate of drug-likeness (QED) is 0.638. The highest BCUT2D eigenvalue weighted by molar-refractivity contribution is 5.66. The number of nitrogens with two attached hydrogens (primary N) is 1. The minimum absolute atomic E-state index is 0.143. The van der Waals surface area contributed by atoms with E-state index in [9.17, 15) is 5.11 Å². The Morgan fingerprint density at radius 1 is 1.13 bits per heavy atom. The van der Waals surface area contributed by atoms with Crippen LogP contribution >= 0.6 is 0 Å². The van der Waals surface area contributed by atoms with Gasteiger partial charge in [0.15, 0.2) is 11.6 Å². The molecule has 3 rings (SSSR count). The summed E-state index contributed by atoms with van der Waals surface area (Å²) in [5.74, 6) is 1.93. The molecule has 3 aromatic rings. The molecule has 0 saturated carbocycles. The maximum atomic E-state index is 9.50. The third-order valence-electron chi connectivity index (χ3n) is 3.21. The van der Waals surface area contributed by atoms with E-state index in [1.165, 1.54) is 6.20 Å². The summed E-state index contributed by atoms with van der Waals surface area (Å²) in [4.78, 5) is 8.17. The van der Waals surface area contributed by atoms with E-state index in [-0.39, 0.29) is 11.7 Å². The van der Waals surface area contributed by atoms with Crippen molar-refractivity contribution < 1.29 is 9.84 Å². The number of anilines is 3. The van der Waals surface area contributed by atoms with Crippen molar-refractivity contribution in [1.82, 2.24) is 9.97 Å². The van der Waals surface area contributed by atoms with E-state index >= 15 is 0 Å². The zero-order chi connectivity index (χ0) is 16.2. The summed E-state index contributed by atoms with van der Waals surface area (Å²) in [7, 11) is 0. The van der Waals surface area contributed by atoms with Crippen molar-refractivity contribution in [1.29, 1.82) is 0 Å². The average Bonchev–Trinajstić information content (AvgIpc) is 2.54. The molecule has 6 nitrogen and oxygen atoms in total. The van der Waals surface area contributed by atoms with Crippen molar-refractivity contribution in [3.8, 4) is 17.2 Å². The Bertz CT molecular complexity index is 822. The van der Waals surface area contributed by atoms with Gasteiger partial charge in [-0.05, 0) is 42.8 Å². The van der Waals surface area contributed by atoms with E-state index in [2.05, 4.69) is 15.3 Å². The minimum Gasteiger partial charge on any atom is -0.508 e. The number of ether oxygens (including phenoxy) is 1. The molecule has 4 N–H and O–H groups in total. The number of aryl methyl sites for hydroxylation is 1. The molecule has 116 valence electrons. The van der Waals surface area contributed by atoms with Crippen LogP contribution in [0.3, 0.4) is 0 Å². The first kappa shape index (κ1) is 14.6. The summed E-state index contributed by atoms with van der Waals surface area (Å²) in [6.07, 6.45) is 1.52. The molecule has 1 heterocycles. The lowest BCUT2D eigenvalue weighted by molar-refractivity contribution is 0.475. The standard InChI is InChI=1S/C17H16N4O2/c1-11-9-12(22)7-8-14(11)20-16-15(10-19-17(18)21-16)23-13-5-3-2-4-6-13/h2-10,22H,1H3,(H3,18,19,20,21). The number of hydrogen-bond acceptors (Lipinski definition) is 6. The molecule has 0 aliphatic carbocycles. The molecule has 0 radical (unpaired) electrons. The van der Waals surface area contributed by atoms with Crippen LogP contribution in [0.5, 0.6) is 17.2 Å². The van der Waals surface area contributed by atoms with Crippen molar-refractivity contribution in [2.75, 3.05) is 11.1 Å². The molecule has 23 heavy (non-hydrogen) atoms. The molecule has 0 saturated heterocycles. The number of hydrogen-bond donors (Lipinski definition) is 3. The van der Waals surface area contributed by atoms with Gasteiger partial charge in [-0.3, -0.25) is 0 Å². The first-order chi connectivity index (χ1) is 11.1. The minimum atomic E-state index is 0.143. The number of phenolic OH excluding ortho intramolecular Hbond substituents is 1. The van der Waals surface area contributed by atoms with Gasteiger partial charge in [-0.1, -0.05) is 18.2 Å². The van der Waals surface area contributed by atoms with Gasteiger partial charge >= 0.3 is 0 Å².